The summed E-state index contributed by atoms with van der Waals surface area (Å²) in [6.07, 6.45) is 2.83. The van der Waals surface area contributed by atoms with Crippen LogP contribution >= 0.6 is 0 Å². The van der Waals surface area contributed by atoms with Crippen LogP contribution in [0, 0.1) is 5.82 Å². The predicted molar refractivity (Wildman–Crippen MR) is 93.8 cm³/mol. The number of nitrogens with one attached hydrogen (secondary N) is 1. The number of rotatable bonds is 3. The first-order valence-corrected chi connectivity index (χ1v) is 7.53. The summed E-state index contributed by atoms with van der Waals surface area (Å²) < 4.78 is 19.3. The molecule has 0 fully saturated rings. The number of aromatic nitrogens is 3. The molecule has 0 atom stereocenters. The summed E-state index contributed by atoms with van der Waals surface area (Å²) in [6.45, 7) is 0. The van der Waals surface area contributed by atoms with E-state index >= 15 is 0 Å². The summed E-state index contributed by atoms with van der Waals surface area (Å²) in [4.78, 5) is 20.0. The molecule has 0 saturated heterocycles. The van der Waals surface area contributed by atoms with Gasteiger partial charge in [-0.1, -0.05) is 12.1 Å². The van der Waals surface area contributed by atoms with Crippen molar-refractivity contribution in [3.63, 3.8) is 0 Å². The fraction of sp³-hybridized carbons (Fsp3) is 0.0556. The number of halogens is 1. The molecule has 0 aliphatic carbocycles. The summed E-state index contributed by atoms with van der Waals surface area (Å²) in [5.74, 6) is 0.361. The highest BCUT2D eigenvalue weighted by molar-refractivity contribution is 6.04. The second-order valence-electron chi connectivity index (χ2n) is 5.45. The predicted octanol–water partition coefficient (Wildman–Crippen LogP) is 2.91. The van der Waals surface area contributed by atoms with Gasteiger partial charge in [-0.25, -0.2) is 9.37 Å². The van der Waals surface area contributed by atoms with Crippen molar-refractivity contribution >= 4 is 28.2 Å². The van der Waals surface area contributed by atoms with E-state index in [2.05, 4.69) is 15.1 Å². The van der Waals surface area contributed by atoms with Crippen LogP contribution in [-0.4, -0.2) is 28.0 Å². The third kappa shape index (κ3) is 2.65. The van der Waals surface area contributed by atoms with Crippen LogP contribution in [0.2, 0.25) is 0 Å². The molecule has 6 nitrogen and oxygen atoms in total. The molecule has 0 aliphatic rings. The van der Waals surface area contributed by atoms with Crippen LogP contribution in [-0.2, 0) is 0 Å². The summed E-state index contributed by atoms with van der Waals surface area (Å²) in [5.41, 5.74) is 2.07. The maximum Gasteiger partial charge on any atom is 0.298 e. The lowest BCUT2D eigenvalue weighted by Crippen LogP contribution is -2.17. The third-order valence-corrected chi connectivity index (χ3v) is 3.90. The second kappa shape index (κ2) is 5.86. The molecule has 124 valence electrons. The summed E-state index contributed by atoms with van der Waals surface area (Å²) in [6, 6.07) is 11.3. The van der Waals surface area contributed by atoms with Crippen molar-refractivity contribution in [2.24, 2.45) is 5.10 Å². The summed E-state index contributed by atoms with van der Waals surface area (Å²) >= 11 is 0. The van der Waals surface area contributed by atoms with Gasteiger partial charge >= 0.3 is 0 Å². The average Bonchev–Trinajstić information content (AvgIpc) is 3.01. The van der Waals surface area contributed by atoms with Crippen molar-refractivity contribution in [3.05, 3.63) is 70.5 Å². The Balaban J connectivity index is 1.81. The quantitative estimate of drug-likeness (QED) is 0.585. The van der Waals surface area contributed by atoms with Crippen LogP contribution in [0.15, 0.2) is 58.7 Å². The lowest BCUT2D eigenvalue weighted by Gasteiger charge is -1.99. The number of benzene rings is 2. The van der Waals surface area contributed by atoms with Gasteiger partial charge in [0.1, 0.15) is 28.9 Å². The number of methoxy groups -OCH3 is 1. The number of aromatic amines is 1. The average molecular weight is 336 g/mol. The van der Waals surface area contributed by atoms with Crippen LogP contribution in [0.5, 0.6) is 5.75 Å². The zero-order chi connectivity index (χ0) is 17.4. The van der Waals surface area contributed by atoms with Gasteiger partial charge in [0.15, 0.2) is 0 Å². The molecule has 25 heavy (non-hydrogen) atoms. The molecule has 2 aromatic carbocycles. The Bertz CT molecular complexity index is 1160. The third-order valence-electron chi connectivity index (χ3n) is 3.90. The molecule has 4 rings (SSSR count). The maximum absolute atomic E-state index is 12.9. The monoisotopic (exact) mass is 336 g/mol. The van der Waals surface area contributed by atoms with E-state index < -0.39 is 0 Å². The van der Waals surface area contributed by atoms with E-state index in [0.717, 1.165) is 15.6 Å². The fourth-order valence-electron chi connectivity index (χ4n) is 2.61. The molecule has 0 spiro atoms. The normalized spacial score (nSPS) is 11.6. The van der Waals surface area contributed by atoms with Crippen LogP contribution in [0.25, 0.3) is 21.9 Å². The van der Waals surface area contributed by atoms with Crippen LogP contribution in [0.4, 0.5) is 4.39 Å². The number of nitrogens with zero attached hydrogens (tertiary/aromatic N) is 3. The zero-order valence-corrected chi connectivity index (χ0v) is 13.2. The fourth-order valence-corrected chi connectivity index (χ4v) is 2.61. The van der Waals surface area contributed by atoms with Crippen molar-refractivity contribution in [1.82, 2.24) is 14.6 Å². The van der Waals surface area contributed by atoms with Crippen molar-refractivity contribution in [2.45, 2.75) is 0 Å². The molecular formula is C18H13FN4O2. The van der Waals surface area contributed by atoms with Gasteiger partial charge in [-0.15, -0.1) is 0 Å². The highest BCUT2D eigenvalue weighted by atomic mass is 19.1. The van der Waals surface area contributed by atoms with Crippen LogP contribution in [0.3, 0.4) is 0 Å². The SMILES string of the molecule is COc1ccc2[nH]c3c(=O)n(/N=C\c4ccc(F)cc4)cnc3c2c1. The first-order valence-electron chi connectivity index (χ1n) is 7.53. The molecule has 0 amide bonds. The van der Waals surface area contributed by atoms with E-state index in [1.807, 2.05) is 18.2 Å². The molecule has 0 radical (unpaired) electrons. The molecule has 7 heteroatoms. The Hall–Kier alpha value is -3.48. The smallest absolute Gasteiger partial charge is 0.298 e. The Morgan fingerprint density at radius 3 is 2.80 bits per heavy atom. The minimum Gasteiger partial charge on any atom is -0.497 e. The first-order chi connectivity index (χ1) is 12.2. The zero-order valence-electron chi connectivity index (χ0n) is 13.2. The Morgan fingerprint density at radius 2 is 2.04 bits per heavy atom. The van der Waals surface area contributed by atoms with Gasteiger partial charge in [-0.2, -0.15) is 9.78 Å². The minimum atomic E-state index is -0.328. The molecule has 0 saturated carbocycles. The van der Waals surface area contributed by atoms with Crippen molar-refractivity contribution in [3.8, 4) is 5.75 Å². The molecule has 1 N–H and O–H groups in total. The van der Waals surface area contributed by atoms with Crippen molar-refractivity contribution < 1.29 is 9.13 Å². The van der Waals surface area contributed by atoms with Gasteiger partial charge < -0.3 is 9.72 Å². The maximum atomic E-state index is 12.9. The number of fused-ring (bicyclic) bond motifs is 3. The number of hydrogen-bond donors (Lipinski definition) is 1. The molecule has 4 aromatic rings. The minimum absolute atomic E-state index is 0.321. The van der Waals surface area contributed by atoms with E-state index in [4.69, 9.17) is 4.74 Å². The van der Waals surface area contributed by atoms with E-state index in [1.54, 1.807) is 19.2 Å². The van der Waals surface area contributed by atoms with Crippen molar-refractivity contribution in [2.75, 3.05) is 7.11 Å². The van der Waals surface area contributed by atoms with Gasteiger partial charge in [-0.3, -0.25) is 4.79 Å². The van der Waals surface area contributed by atoms with E-state index in [0.29, 0.717) is 22.3 Å². The van der Waals surface area contributed by atoms with E-state index in [1.165, 1.54) is 24.7 Å². The first kappa shape index (κ1) is 15.1. The van der Waals surface area contributed by atoms with Gasteiger partial charge in [-0.05, 0) is 35.9 Å². The topological polar surface area (TPSA) is 72.3 Å². The Kier molecular flexibility index (Phi) is 3.53. The van der Waals surface area contributed by atoms with E-state index in [-0.39, 0.29) is 11.4 Å². The molecule has 2 heterocycles. The molecule has 0 aliphatic heterocycles. The molecule has 0 bridgehead atoms. The lowest BCUT2D eigenvalue weighted by atomic mass is 10.2. The summed E-state index contributed by atoms with van der Waals surface area (Å²) in [5, 5.41) is 4.92. The van der Waals surface area contributed by atoms with Crippen LogP contribution in [0.1, 0.15) is 5.56 Å². The molecule has 2 aromatic heterocycles. The van der Waals surface area contributed by atoms with Crippen molar-refractivity contribution in [1.29, 1.82) is 0 Å². The Labute approximate surface area is 141 Å². The van der Waals surface area contributed by atoms with Crippen LogP contribution < -0.4 is 10.3 Å². The highest BCUT2D eigenvalue weighted by Gasteiger charge is 2.11. The largest absolute Gasteiger partial charge is 0.497 e. The van der Waals surface area contributed by atoms with Gasteiger partial charge in [0.25, 0.3) is 5.56 Å². The van der Waals surface area contributed by atoms with Gasteiger partial charge in [0, 0.05) is 10.9 Å². The standard InChI is InChI=1S/C18H13FN4O2/c1-25-13-6-7-15-14(8-13)16-17(22-15)18(24)23(10-20-16)21-9-11-2-4-12(19)5-3-11/h2-10,22H,1H3/b21-9-. The van der Waals surface area contributed by atoms with E-state index in [9.17, 15) is 9.18 Å². The van der Waals surface area contributed by atoms with Gasteiger partial charge in [0.05, 0.1) is 13.3 Å². The number of hydrogen-bond acceptors (Lipinski definition) is 4. The highest BCUT2D eigenvalue weighted by Crippen LogP contribution is 2.25. The second-order valence-corrected chi connectivity index (χ2v) is 5.45. The Morgan fingerprint density at radius 1 is 1.24 bits per heavy atom. The molecular weight excluding hydrogens is 323 g/mol. The number of ether oxygens (including phenoxy) is 1. The molecule has 0 unspecified atom stereocenters. The summed E-state index contributed by atoms with van der Waals surface area (Å²) in [7, 11) is 1.58. The van der Waals surface area contributed by atoms with Gasteiger partial charge in [0.2, 0.25) is 0 Å². The number of H-pyrrole nitrogens is 1. The lowest BCUT2D eigenvalue weighted by molar-refractivity contribution is 0.415.